The molecule has 3 unspecified atom stereocenters. The van der Waals surface area contributed by atoms with Crippen molar-refractivity contribution in [3.63, 3.8) is 0 Å². The first-order valence-corrected chi connectivity index (χ1v) is 18.7. The van der Waals surface area contributed by atoms with Gasteiger partial charge in [0.15, 0.2) is 11.6 Å². The van der Waals surface area contributed by atoms with Crippen molar-refractivity contribution in [3.8, 4) is 11.8 Å². The standard InChI is InChI=1S/C15H26O3.C9H18O3.C6H10Br2.C6H15N/c1-6-8-13-14(18-15(4,5)17-13)12(16)10-7-9-11(2)3;1-4-5-7-8(6-10)12-9(2,3)11-7;1-5(2)3-4-6(7)8;1-4-7(5-2)6-3/h11-14,16H,6,8-9H2,1-5H3;7-8,10H,4-6H2,1-3H3;4-5H,3H2,1-2H3;4-6H2,1-3H3/t12?,13-,14?;7-,8?;;/m00../s1. The van der Waals surface area contributed by atoms with Crippen molar-refractivity contribution in [1.29, 1.82) is 0 Å². The topological polar surface area (TPSA) is 80.6 Å². The van der Waals surface area contributed by atoms with Crippen molar-refractivity contribution in [2.45, 2.75) is 171 Å². The molecule has 0 aromatic heterocycles. The molecule has 0 radical (unpaired) electrons. The van der Waals surface area contributed by atoms with E-state index >= 15 is 0 Å². The Labute approximate surface area is 294 Å². The van der Waals surface area contributed by atoms with E-state index < -0.39 is 17.7 Å². The number of ether oxygens (including phenoxy) is 4. The summed E-state index contributed by atoms with van der Waals surface area (Å²) in [5.74, 6) is 6.03. The maximum absolute atomic E-state index is 10.1. The maximum Gasteiger partial charge on any atom is 0.163 e. The SMILES string of the molecule is CC(C)CC=C(Br)Br.CCC[C@@H]1OC(C)(C)OC1C(O)C#CCC(C)C.CCC[C@@H]1OC(C)(C)OC1CO.CCN(CC)CC. The van der Waals surface area contributed by atoms with Gasteiger partial charge >= 0.3 is 0 Å². The highest BCUT2D eigenvalue weighted by molar-refractivity contribution is 9.28. The summed E-state index contributed by atoms with van der Waals surface area (Å²) < 4.78 is 23.7. The first-order chi connectivity index (χ1) is 20.9. The minimum absolute atomic E-state index is 0.0497. The molecule has 2 heterocycles. The summed E-state index contributed by atoms with van der Waals surface area (Å²) >= 11 is 6.56. The van der Waals surface area contributed by atoms with Gasteiger partial charge in [-0.2, -0.15) is 0 Å². The molecule has 2 aliphatic rings. The lowest BCUT2D eigenvalue weighted by Gasteiger charge is -2.18. The molecular formula is C36H69Br2NO6. The third kappa shape index (κ3) is 23.9. The van der Waals surface area contributed by atoms with E-state index in [1.807, 2.05) is 27.7 Å². The van der Waals surface area contributed by atoms with Gasteiger partial charge in [-0.3, -0.25) is 0 Å². The summed E-state index contributed by atoms with van der Waals surface area (Å²) in [5, 5.41) is 19.1. The highest BCUT2D eigenvalue weighted by Gasteiger charge is 2.44. The summed E-state index contributed by atoms with van der Waals surface area (Å²) in [6, 6.07) is 0. The summed E-state index contributed by atoms with van der Waals surface area (Å²) in [6.45, 7) is 30.5. The second-order valence-electron chi connectivity index (χ2n) is 13.2. The lowest BCUT2D eigenvalue weighted by Crippen LogP contribution is -2.34. The highest BCUT2D eigenvalue weighted by atomic mass is 79.9. The Hall–Kier alpha value is -0.0200. The Morgan fingerprint density at radius 3 is 1.62 bits per heavy atom. The van der Waals surface area contributed by atoms with Gasteiger partial charge in [0.05, 0.1) is 22.2 Å². The molecule has 45 heavy (non-hydrogen) atoms. The minimum Gasteiger partial charge on any atom is -0.394 e. The van der Waals surface area contributed by atoms with Crippen molar-refractivity contribution < 1.29 is 29.2 Å². The number of aliphatic hydroxyl groups is 2. The molecule has 7 nitrogen and oxygen atoms in total. The highest BCUT2D eigenvalue weighted by Crippen LogP contribution is 2.32. The van der Waals surface area contributed by atoms with E-state index in [0.717, 1.165) is 47.8 Å². The van der Waals surface area contributed by atoms with E-state index in [1.165, 1.54) is 19.6 Å². The molecule has 0 aromatic carbocycles. The number of aliphatic hydroxyl groups excluding tert-OH is 2. The van der Waals surface area contributed by atoms with Crippen LogP contribution in [0, 0.1) is 23.7 Å². The molecule has 0 bridgehead atoms. The number of halogens is 2. The van der Waals surface area contributed by atoms with E-state index in [0.29, 0.717) is 5.92 Å². The largest absolute Gasteiger partial charge is 0.394 e. The average Bonchev–Trinajstić information content (AvgIpc) is 3.42. The summed E-state index contributed by atoms with van der Waals surface area (Å²) in [7, 11) is 0. The Balaban J connectivity index is 0. The van der Waals surface area contributed by atoms with Crippen LogP contribution in [0.3, 0.4) is 0 Å². The zero-order valence-electron chi connectivity index (χ0n) is 30.9. The van der Waals surface area contributed by atoms with Crippen molar-refractivity contribution in [3.05, 3.63) is 9.47 Å². The first kappa shape index (κ1) is 47.1. The second kappa shape index (κ2) is 25.9. The van der Waals surface area contributed by atoms with Crippen LogP contribution in [0.2, 0.25) is 0 Å². The van der Waals surface area contributed by atoms with E-state index in [1.54, 1.807) is 0 Å². The fourth-order valence-electron chi connectivity index (χ4n) is 4.68. The molecule has 0 amide bonds. The van der Waals surface area contributed by atoms with Crippen LogP contribution in [0.25, 0.3) is 0 Å². The van der Waals surface area contributed by atoms with Crippen LogP contribution in [0.4, 0.5) is 0 Å². The molecule has 2 N–H and O–H groups in total. The second-order valence-corrected chi connectivity index (χ2v) is 16.0. The van der Waals surface area contributed by atoms with Gasteiger partial charge in [0.25, 0.3) is 0 Å². The maximum atomic E-state index is 10.1. The van der Waals surface area contributed by atoms with Crippen LogP contribution in [-0.2, 0) is 18.9 Å². The molecule has 0 aromatic rings. The van der Waals surface area contributed by atoms with Crippen LogP contribution in [0.15, 0.2) is 9.47 Å². The van der Waals surface area contributed by atoms with Gasteiger partial charge in [0.1, 0.15) is 18.3 Å². The summed E-state index contributed by atoms with van der Waals surface area (Å²) in [5.41, 5.74) is 0. The average molecular weight is 772 g/mol. The molecule has 0 saturated carbocycles. The van der Waals surface area contributed by atoms with Gasteiger partial charge in [0, 0.05) is 6.42 Å². The third-order valence-corrected chi connectivity index (χ3v) is 7.64. The molecule has 268 valence electrons. The predicted molar refractivity (Wildman–Crippen MR) is 197 cm³/mol. The van der Waals surface area contributed by atoms with Gasteiger partial charge in [-0.15, -0.1) is 5.92 Å². The van der Waals surface area contributed by atoms with Crippen LogP contribution in [-0.4, -0.2) is 83.4 Å². The smallest absolute Gasteiger partial charge is 0.163 e. The number of rotatable bonds is 12. The van der Waals surface area contributed by atoms with E-state index in [2.05, 4.69) is 117 Å². The van der Waals surface area contributed by atoms with E-state index in [9.17, 15) is 5.11 Å². The van der Waals surface area contributed by atoms with Crippen LogP contribution in [0.1, 0.15) is 129 Å². The zero-order valence-corrected chi connectivity index (χ0v) is 34.1. The molecule has 2 saturated heterocycles. The van der Waals surface area contributed by atoms with Gasteiger partial charge in [0.2, 0.25) is 0 Å². The fourth-order valence-corrected chi connectivity index (χ4v) is 5.05. The fraction of sp³-hybridized carbons (Fsp3) is 0.889. The van der Waals surface area contributed by atoms with Gasteiger partial charge < -0.3 is 34.1 Å². The first-order valence-electron chi connectivity index (χ1n) is 17.1. The Bertz CT molecular complexity index is 811. The van der Waals surface area contributed by atoms with Crippen molar-refractivity contribution in [2.75, 3.05) is 26.2 Å². The summed E-state index contributed by atoms with van der Waals surface area (Å²) in [4.78, 5) is 2.38. The lowest BCUT2D eigenvalue weighted by atomic mass is 10.0. The number of hydrogen-bond acceptors (Lipinski definition) is 7. The quantitative estimate of drug-likeness (QED) is 0.192. The number of allylic oxidation sites excluding steroid dienone is 1. The molecular weight excluding hydrogens is 702 g/mol. The van der Waals surface area contributed by atoms with Gasteiger partial charge in [-0.05, 0) is 110 Å². The minimum atomic E-state index is -0.762. The van der Waals surface area contributed by atoms with Crippen LogP contribution in [0.5, 0.6) is 0 Å². The Morgan fingerprint density at radius 1 is 0.778 bits per heavy atom. The van der Waals surface area contributed by atoms with Crippen molar-refractivity contribution >= 4 is 31.9 Å². The van der Waals surface area contributed by atoms with Crippen LogP contribution >= 0.6 is 31.9 Å². The van der Waals surface area contributed by atoms with E-state index in [4.69, 9.17) is 24.1 Å². The monoisotopic (exact) mass is 769 g/mol. The molecule has 9 heteroatoms. The molecule has 0 aliphatic carbocycles. The molecule has 5 atom stereocenters. The van der Waals surface area contributed by atoms with Gasteiger partial charge in [-0.1, -0.05) is 87.2 Å². The Morgan fingerprint density at radius 2 is 1.24 bits per heavy atom. The lowest BCUT2D eigenvalue weighted by molar-refractivity contribution is -0.152. The zero-order chi connectivity index (χ0) is 35.2. The van der Waals surface area contributed by atoms with Crippen molar-refractivity contribution in [2.24, 2.45) is 11.8 Å². The third-order valence-electron chi connectivity index (χ3n) is 6.99. The molecule has 2 fully saturated rings. The number of nitrogens with zero attached hydrogens (tertiary/aromatic N) is 1. The molecule has 2 aliphatic heterocycles. The molecule has 2 rings (SSSR count). The molecule has 0 spiro atoms. The van der Waals surface area contributed by atoms with E-state index in [-0.39, 0.29) is 31.0 Å². The van der Waals surface area contributed by atoms with Crippen molar-refractivity contribution in [1.82, 2.24) is 4.90 Å². The normalized spacial score (nSPS) is 23.6. The summed E-state index contributed by atoms with van der Waals surface area (Å²) in [6.07, 6.45) is 6.71. The van der Waals surface area contributed by atoms with Crippen LogP contribution < -0.4 is 0 Å². The van der Waals surface area contributed by atoms with Gasteiger partial charge in [-0.25, -0.2) is 0 Å². The number of hydrogen-bond donors (Lipinski definition) is 2. The predicted octanol–water partition coefficient (Wildman–Crippen LogP) is 9.03. The Kier molecular flexibility index (Phi) is 27.1.